The normalized spacial score (nSPS) is 19.6. The second-order valence-corrected chi connectivity index (χ2v) is 8.62. The number of benzene rings is 4. The molecule has 4 aromatic rings. The van der Waals surface area contributed by atoms with E-state index in [0.29, 0.717) is 0 Å². The third-order valence-corrected chi connectivity index (χ3v) is 6.33. The van der Waals surface area contributed by atoms with Crippen molar-refractivity contribution in [3.8, 4) is 0 Å². The molecular weight excluding hydrogens is 402 g/mol. The molecule has 0 saturated carbocycles. The van der Waals surface area contributed by atoms with Crippen molar-refractivity contribution in [2.75, 3.05) is 0 Å². The predicted octanol–water partition coefficient (Wildman–Crippen LogP) is 6.79. The second kappa shape index (κ2) is 9.40. The van der Waals surface area contributed by atoms with Gasteiger partial charge in [0.1, 0.15) is 0 Å². The zero-order chi connectivity index (χ0) is 22.6. The van der Waals surface area contributed by atoms with Gasteiger partial charge in [-0.1, -0.05) is 127 Å². The molecule has 3 atom stereocenters. The van der Waals surface area contributed by atoms with E-state index in [1.165, 1.54) is 22.3 Å². The lowest BCUT2D eigenvalue weighted by atomic mass is 9.98. The molecular formula is C31H27NO. The number of rotatable bonds is 7. The molecule has 162 valence electrons. The Bertz CT molecular complexity index is 1190. The number of aryl methyl sites for hydroxylation is 1. The molecule has 0 N–H and O–H groups in total. The first-order valence-electron chi connectivity index (χ1n) is 11.4. The maximum absolute atomic E-state index is 13.5. The summed E-state index contributed by atoms with van der Waals surface area (Å²) in [5.41, 5.74) is 5.84. The molecule has 0 aromatic heterocycles. The van der Waals surface area contributed by atoms with Gasteiger partial charge < -0.3 is 0 Å². The molecule has 0 amide bonds. The van der Waals surface area contributed by atoms with Gasteiger partial charge in [-0.3, -0.25) is 9.69 Å². The van der Waals surface area contributed by atoms with E-state index in [2.05, 4.69) is 84.6 Å². The Balaban J connectivity index is 1.53. The topological polar surface area (TPSA) is 20.1 Å². The van der Waals surface area contributed by atoms with Crippen LogP contribution in [-0.4, -0.2) is 16.7 Å². The van der Waals surface area contributed by atoms with E-state index in [4.69, 9.17) is 0 Å². The summed E-state index contributed by atoms with van der Waals surface area (Å²) in [6.07, 6.45) is 3.67. The Kier molecular flexibility index (Phi) is 6.01. The van der Waals surface area contributed by atoms with Gasteiger partial charge in [-0.05, 0) is 35.3 Å². The van der Waals surface area contributed by atoms with Gasteiger partial charge in [-0.25, -0.2) is 0 Å². The van der Waals surface area contributed by atoms with Gasteiger partial charge in [-0.15, -0.1) is 0 Å². The van der Waals surface area contributed by atoms with Crippen molar-refractivity contribution in [3.05, 3.63) is 149 Å². The molecule has 1 fully saturated rings. The van der Waals surface area contributed by atoms with Crippen molar-refractivity contribution < 1.29 is 4.79 Å². The molecule has 2 nitrogen and oxygen atoms in total. The van der Waals surface area contributed by atoms with Crippen LogP contribution in [0.1, 0.15) is 39.9 Å². The van der Waals surface area contributed by atoms with Crippen LogP contribution in [0.5, 0.6) is 0 Å². The SMILES string of the molecule is Cc1ccc([C@@H]2[C@H](C(=O)/C=C/c3ccccc3)N2C(c2ccccc2)c2ccccc2)cc1. The van der Waals surface area contributed by atoms with Crippen LogP contribution in [0.25, 0.3) is 6.08 Å². The Morgan fingerprint density at radius 2 is 1.24 bits per heavy atom. The third kappa shape index (κ3) is 4.57. The summed E-state index contributed by atoms with van der Waals surface area (Å²) in [4.78, 5) is 15.8. The molecule has 1 aliphatic heterocycles. The van der Waals surface area contributed by atoms with Crippen molar-refractivity contribution in [2.24, 2.45) is 0 Å². The Morgan fingerprint density at radius 3 is 1.79 bits per heavy atom. The standard InChI is InChI=1S/C31H27NO/c1-23-17-20-27(21-18-23)30-31(28(33)22-19-24-11-5-2-6-12-24)32(30)29(25-13-7-3-8-14-25)26-15-9-4-10-16-26/h2-22,29-31H,1H3/b22-19+/t30-,31+,32?/m1/s1. The van der Waals surface area contributed by atoms with Crippen molar-refractivity contribution >= 4 is 11.9 Å². The fourth-order valence-electron chi connectivity index (χ4n) is 4.64. The molecule has 5 rings (SSSR count). The highest BCUT2D eigenvalue weighted by molar-refractivity contribution is 6.00. The van der Waals surface area contributed by atoms with E-state index in [1.807, 2.05) is 48.5 Å². The monoisotopic (exact) mass is 429 g/mol. The van der Waals surface area contributed by atoms with E-state index < -0.39 is 0 Å². The van der Waals surface area contributed by atoms with Crippen molar-refractivity contribution in [3.63, 3.8) is 0 Å². The first kappa shape index (κ1) is 21.1. The molecule has 1 heterocycles. The van der Waals surface area contributed by atoms with E-state index in [1.54, 1.807) is 6.08 Å². The minimum absolute atomic E-state index is 0.0118. The molecule has 1 unspecified atom stereocenters. The number of nitrogens with zero attached hydrogens (tertiary/aromatic N) is 1. The molecule has 2 heteroatoms. The summed E-state index contributed by atoms with van der Waals surface area (Å²) in [6, 6.07) is 39.4. The Hall–Kier alpha value is -3.75. The first-order valence-corrected chi connectivity index (χ1v) is 11.4. The van der Waals surface area contributed by atoms with Crippen LogP contribution >= 0.6 is 0 Å². The average molecular weight is 430 g/mol. The van der Waals surface area contributed by atoms with Crippen LogP contribution in [-0.2, 0) is 4.79 Å². The predicted molar refractivity (Wildman–Crippen MR) is 135 cm³/mol. The highest BCUT2D eigenvalue weighted by atomic mass is 16.1. The molecule has 1 saturated heterocycles. The van der Waals surface area contributed by atoms with Gasteiger partial charge in [0.2, 0.25) is 0 Å². The van der Waals surface area contributed by atoms with Crippen LogP contribution in [0.15, 0.2) is 121 Å². The highest BCUT2D eigenvalue weighted by Gasteiger charge is 2.55. The second-order valence-electron chi connectivity index (χ2n) is 8.62. The average Bonchev–Trinajstić information content (AvgIpc) is 3.60. The van der Waals surface area contributed by atoms with Gasteiger partial charge in [-0.2, -0.15) is 0 Å². The quantitative estimate of drug-likeness (QED) is 0.238. The summed E-state index contributed by atoms with van der Waals surface area (Å²) in [5, 5.41) is 0. The van der Waals surface area contributed by atoms with Crippen molar-refractivity contribution in [1.82, 2.24) is 4.90 Å². The van der Waals surface area contributed by atoms with Gasteiger partial charge in [0, 0.05) is 0 Å². The lowest BCUT2D eigenvalue weighted by Crippen LogP contribution is -2.17. The van der Waals surface area contributed by atoms with E-state index in [-0.39, 0.29) is 23.9 Å². The van der Waals surface area contributed by atoms with Gasteiger partial charge in [0.25, 0.3) is 0 Å². The Labute approximate surface area is 195 Å². The summed E-state index contributed by atoms with van der Waals surface area (Å²) < 4.78 is 0. The molecule has 0 radical (unpaired) electrons. The summed E-state index contributed by atoms with van der Waals surface area (Å²) in [5.74, 6) is 0.140. The summed E-state index contributed by atoms with van der Waals surface area (Å²) in [6.45, 7) is 2.09. The molecule has 4 aromatic carbocycles. The van der Waals surface area contributed by atoms with E-state index in [9.17, 15) is 4.79 Å². The van der Waals surface area contributed by atoms with Gasteiger partial charge in [0.05, 0.1) is 18.1 Å². The lowest BCUT2D eigenvalue weighted by molar-refractivity contribution is -0.114. The van der Waals surface area contributed by atoms with Crippen LogP contribution in [0.2, 0.25) is 0 Å². The first-order chi connectivity index (χ1) is 16.2. The smallest absolute Gasteiger partial charge is 0.174 e. The van der Waals surface area contributed by atoms with Crippen molar-refractivity contribution in [1.29, 1.82) is 0 Å². The van der Waals surface area contributed by atoms with E-state index >= 15 is 0 Å². The van der Waals surface area contributed by atoms with Gasteiger partial charge >= 0.3 is 0 Å². The van der Waals surface area contributed by atoms with Crippen LogP contribution < -0.4 is 0 Å². The highest BCUT2D eigenvalue weighted by Crippen LogP contribution is 2.52. The minimum atomic E-state index is -0.196. The van der Waals surface area contributed by atoms with Crippen LogP contribution in [0, 0.1) is 6.92 Å². The van der Waals surface area contributed by atoms with Crippen molar-refractivity contribution in [2.45, 2.75) is 25.0 Å². The minimum Gasteiger partial charge on any atom is -0.293 e. The maximum atomic E-state index is 13.5. The number of hydrogen-bond donors (Lipinski definition) is 0. The summed E-state index contributed by atoms with van der Waals surface area (Å²) in [7, 11) is 0. The number of ketones is 1. The lowest BCUT2D eigenvalue weighted by Gasteiger charge is -2.21. The number of carbonyl (C=O) groups excluding carboxylic acids is 1. The summed E-state index contributed by atoms with van der Waals surface area (Å²) >= 11 is 0. The number of carbonyl (C=O) groups is 1. The zero-order valence-corrected chi connectivity index (χ0v) is 18.7. The zero-order valence-electron chi connectivity index (χ0n) is 18.7. The molecule has 1 aliphatic rings. The molecule has 0 spiro atoms. The van der Waals surface area contributed by atoms with Crippen LogP contribution in [0.4, 0.5) is 0 Å². The molecule has 0 aliphatic carbocycles. The van der Waals surface area contributed by atoms with Crippen LogP contribution in [0.3, 0.4) is 0 Å². The Morgan fingerprint density at radius 1 is 0.727 bits per heavy atom. The third-order valence-electron chi connectivity index (χ3n) is 6.33. The molecule has 0 bridgehead atoms. The molecule has 33 heavy (non-hydrogen) atoms. The largest absolute Gasteiger partial charge is 0.293 e. The van der Waals surface area contributed by atoms with Gasteiger partial charge in [0.15, 0.2) is 5.78 Å². The fourth-order valence-corrected chi connectivity index (χ4v) is 4.64. The maximum Gasteiger partial charge on any atom is 0.174 e. The number of hydrogen-bond acceptors (Lipinski definition) is 2. The fraction of sp³-hybridized carbons (Fsp3) is 0.129. The van der Waals surface area contributed by atoms with E-state index in [0.717, 1.165) is 5.56 Å².